The minimum atomic E-state index is 0.236. The third-order valence-electron chi connectivity index (χ3n) is 3.72. The Balaban J connectivity index is 2.11. The molecule has 1 aromatic carbocycles. The first-order chi connectivity index (χ1) is 9.72. The molecule has 1 heterocycles. The van der Waals surface area contributed by atoms with Crippen molar-refractivity contribution in [3.05, 3.63) is 41.7 Å². The van der Waals surface area contributed by atoms with Crippen molar-refractivity contribution in [3.63, 3.8) is 0 Å². The summed E-state index contributed by atoms with van der Waals surface area (Å²) in [7, 11) is 3.26. The molecule has 0 unspecified atom stereocenters. The van der Waals surface area contributed by atoms with Crippen molar-refractivity contribution >= 4 is 5.78 Å². The molecule has 20 heavy (non-hydrogen) atoms. The summed E-state index contributed by atoms with van der Waals surface area (Å²) < 4.78 is 12.7. The van der Waals surface area contributed by atoms with E-state index in [9.17, 15) is 4.79 Å². The van der Waals surface area contributed by atoms with Crippen LogP contribution in [0.15, 0.2) is 30.5 Å². The number of hydrogen-bond donors (Lipinski definition) is 0. The van der Waals surface area contributed by atoms with Gasteiger partial charge in [0.15, 0.2) is 5.78 Å². The number of fused-ring (bicyclic) bond motifs is 1. The predicted molar refractivity (Wildman–Crippen MR) is 76.1 cm³/mol. The SMILES string of the molecule is COc1cc(OC)cc(-n2ccc3c2CCCC3=O)c1. The Morgan fingerprint density at radius 1 is 1.05 bits per heavy atom. The first-order valence-corrected chi connectivity index (χ1v) is 6.70. The highest BCUT2D eigenvalue weighted by atomic mass is 16.5. The standard InChI is InChI=1S/C16H17NO3/c1-19-12-8-11(9-13(10-12)20-2)17-7-6-14-15(17)4-3-5-16(14)18/h6-10H,3-5H2,1-2H3. The number of carbonyl (C=O) groups is 1. The van der Waals surface area contributed by atoms with E-state index in [-0.39, 0.29) is 5.78 Å². The van der Waals surface area contributed by atoms with E-state index >= 15 is 0 Å². The molecule has 0 saturated heterocycles. The Kier molecular flexibility index (Phi) is 3.22. The van der Waals surface area contributed by atoms with Crippen LogP contribution in [0.2, 0.25) is 0 Å². The summed E-state index contributed by atoms with van der Waals surface area (Å²) >= 11 is 0. The first-order valence-electron chi connectivity index (χ1n) is 6.70. The Bertz CT molecular complexity index is 635. The second-order valence-corrected chi connectivity index (χ2v) is 4.89. The van der Waals surface area contributed by atoms with Crippen LogP contribution in [0.5, 0.6) is 11.5 Å². The van der Waals surface area contributed by atoms with E-state index in [0.717, 1.165) is 41.3 Å². The smallest absolute Gasteiger partial charge is 0.164 e. The van der Waals surface area contributed by atoms with Gasteiger partial charge in [-0.15, -0.1) is 0 Å². The highest BCUT2D eigenvalue weighted by Crippen LogP contribution is 2.29. The summed E-state index contributed by atoms with van der Waals surface area (Å²) in [6.07, 6.45) is 4.44. The molecule has 1 aliphatic rings. The Labute approximate surface area is 117 Å². The molecule has 2 aromatic rings. The third-order valence-corrected chi connectivity index (χ3v) is 3.72. The molecule has 1 aliphatic carbocycles. The van der Waals surface area contributed by atoms with Gasteiger partial charge in [0.25, 0.3) is 0 Å². The highest BCUT2D eigenvalue weighted by Gasteiger charge is 2.21. The molecular weight excluding hydrogens is 254 g/mol. The van der Waals surface area contributed by atoms with E-state index in [2.05, 4.69) is 4.57 Å². The summed E-state index contributed by atoms with van der Waals surface area (Å²) in [5, 5.41) is 0. The van der Waals surface area contributed by atoms with Gasteiger partial charge in [0.1, 0.15) is 11.5 Å². The Hall–Kier alpha value is -2.23. The molecule has 0 bridgehead atoms. The normalized spacial score (nSPS) is 14.0. The minimum absolute atomic E-state index is 0.236. The van der Waals surface area contributed by atoms with Crippen LogP contribution in [0.4, 0.5) is 0 Å². The fourth-order valence-corrected chi connectivity index (χ4v) is 2.70. The maximum Gasteiger partial charge on any atom is 0.164 e. The zero-order valence-electron chi connectivity index (χ0n) is 11.7. The average Bonchev–Trinajstić information content (AvgIpc) is 2.92. The number of nitrogens with zero attached hydrogens (tertiary/aromatic N) is 1. The maximum atomic E-state index is 11.9. The average molecular weight is 271 g/mol. The molecule has 104 valence electrons. The molecular formula is C16H17NO3. The summed E-state index contributed by atoms with van der Waals surface area (Å²) in [6.45, 7) is 0. The Morgan fingerprint density at radius 2 is 1.75 bits per heavy atom. The van der Waals surface area contributed by atoms with Gasteiger partial charge >= 0.3 is 0 Å². The van der Waals surface area contributed by atoms with E-state index in [1.165, 1.54) is 0 Å². The van der Waals surface area contributed by atoms with E-state index in [1.54, 1.807) is 14.2 Å². The summed E-state index contributed by atoms with van der Waals surface area (Å²) in [5.41, 5.74) is 2.88. The van der Waals surface area contributed by atoms with Gasteiger partial charge in [-0.05, 0) is 18.9 Å². The number of hydrogen-bond acceptors (Lipinski definition) is 3. The van der Waals surface area contributed by atoms with E-state index in [0.29, 0.717) is 6.42 Å². The van der Waals surface area contributed by atoms with Gasteiger partial charge < -0.3 is 14.0 Å². The molecule has 0 saturated carbocycles. The van der Waals surface area contributed by atoms with Crippen molar-refractivity contribution in [2.24, 2.45) is 0 Å². The largest absolute Gasteiger partial charge is 0.497 e. The molecule has 0 N–H and O–H groups in total. The van der Waals surface area contributed by atoms with Crippen molar-refractivity contribution in [2.75, 3.05) is 14.2 Å². The lowest BCUT2D eigenvalue weighted by molar-refractivity contribution is 0.0972. The van der Waals surface area contributed by atoms with Crippen molar-refractivity contribution in [2.45, 2.75) is 19.3 Å². The van der Waals surface area contributed by atoms with Crippen LogP contribution in [0.1, 0.15) is 28.9 Å². The quantitative estimate of drug-likeness (QED) is 0.861. The molecule has 4 nitrogen and oxygen atoms in total. The molecule has 0 spiro atoms. The zero-order chi connectivity index (χ0) is 14.1. The van der Waals surface area contributed by atoms with Crippen LogP contribution in [0, 0.1) is 0 Å². The summed E-state index contributed by atoms with van der Waals surface area (Å²) in [5.74, 6) is 1.72. The van der Waals surface area contributed by atoms with Gasteiger partial charge in [0, 0.05) is 42.1 Å². The number of rotatable bonds is 3. The Morgan fingerprint density at radius 3 is 2.40 bits per heavy atom. The maximum absolute atomic E-state index is 11.9. The number of methoxy groups -OCH3 is 2. The van der Waals surface area contributed by atoms with Gasteiger partial charge in [0.05, 0.1) is 19.9 Å². The van der Waals surface area contributed by atoms with E-state index in [4.69, 9.17) is 9.47 Å². The second-order valence-electron chi connectivity index (χ2n) is 4.89. The number of benzene rings is 1. The van der Waals surface area contributed by atoms with Crippen molar-refractivity contribution in [1.82, 2.24) is 4.57 Å². The lowest BCUT2D eigenvalue weighted by atomic mass is 9.97. The number of aromatic nitrogens is 1. The van der Waals surface area contributed by atoms with Gasteiger partial charge in [0.2, 0.25) is 0 Å². The van der Waals surface area contributed by atoms with Gasteiger partial charge in [-0.1, -0.05) is 0 Å². The third kappa shape index (κ3) is 2.07. The number of ether oxygens (including phenoxy) is 2. The molecule has 0 amide bonds. The van der Waals surface area contributed by atoms with Gasteiger partial charge in [-0.3, -0.25) is 4.79 Å². The second kappa shape index (κ2) is 5.04. The lowest BCUT2D eigenvalue weighted by Gasteiger charge is -2.16. The summed E-state index contributed by atoms with van der Waals surface area (Å²) in [6, 6.07) is 7.64. The number of Topliss-reactive ketones (excluding diaryl/α,β-unsaturated/α-hetero) is 1. The van der Waals surface area contributed by atoms with Crippen molar-refractivity contribution < 1.29 is 14.3 Å². The fourth-order valence-electron chi connectivity index (χ4n) is 2.70. The molecule has 3 rings (SSSR count). The molecule has 4 heteroatoms. The lowest BCUT2D eigenvalue weighted by Crippen LogP contribution is -2.12. The van der Waals surface area contributed by atoms with Crippen LogP contribution >= 0.6 is 0 Å². The predicted octanol–water partition coefficient (Wildman–Crippen LogP) is 3.01. The number of ketones is 1. The molecule has 0 fully saturated rings. The first kappa shape index (κ1) is 12.8. The molecule has 0 atom stereocenters. The van der Waals surface area contributed by atoms with Crippen LogP contribution in [-0.4, -0.2) is 24.6 Å². The fraction of sp³-hybridized carbons (Fsp3) is 0.312. The van der Waals surface area contributed by atoms with Crippen LogP contribution in [-0.2, 0) is 6.42 Å². The minimum Gasteiger partial charge on any atom is -0.497 e. The van der Waals surface area contributed by atoms with Crippen LogP contribution in [0.25, 0.3) is 5.69 Å². The van der Waals surface area contributed by atoms with Gasteiger partial charge in [-0.2, -0.15) is 0 Å². The van der Waals surface area contributed by atoms with Crippen LogP contribution in [0.3, 0.4) is 0 Å². The van der Waals surface area contributed by atoms with Crippen molar-refractivity contribution in [3.8, 4) is 17.2 Å². The molecule has 0 aliphatic heterocycles. The molecule has 0 radical (unpaired) electrons. The van der Waals surface area contributed by atoms with Gasteiger partial charge in [-0.25, -0.2) is 0 Å². The monoisotopic (exact) mass is 271 g/mol. The van der Waals surface area contributed by atoms with E-state index < -0.39 is 0 Å². The topological polar surface area (TPSA) is 40.5 Å². The van der Waals surface area contributed by atoms with Crippen molar-refractivity contribution in [1.29, 1.82) is 0 Å². The van der Waals surface area contributed by atoms with Crippen LogP contribution < -0.4 is 9.47 Å². The number of carbonyl (C=O) groups excluding carboxylic acids is 1. The highest BCUT2D eigenvalue weighted by molar-refractivity contribution is 5.98. The molecule has 1 aromatic heterocycles. The van der Waals surface area contributed by atoms with E-state index in [1.807, 2.05) is 30.5 Å². The summed E-state index contributed by atoms with van der Waals surface area (Å²) in [4.78, 5) is 11.9. The zero-order valence-corrected chi connectivity index (χ0v) is 11.7.